The van der Waals surface area contributed by atoms with Gasteiger partial charge < -0.3 is 46.5 Å². The molecule has 0 aromatic heterocycles. The van der Waals surface area contributed by atoms with E-state index in [1.54, 1.807) is 38.1 Å². The molecule has 0 bridgehead atoms. The standard InChI is InChI=1S/C35H45N7O12/c1-21(2)30(40-28(43)13-14-29(44)41-18-15-23(16-19-41)33(47)48)32(46)39-27(4-3-17-37-34(36)49)31(45)38-24-7-5-22(6-8-24)20-53-35(50)54-26-11-9-25(10-12-26)42(51)52/h5-12,21,23,27,30H,3-4,13-20H2,1-2H3,(H,38,45)(H,39,46)(H,40,43)(H,47,48)(H3,36,37,49)/t27-,30-/m0/s1. The van der Waals surface area contributed by atoms with E-state index in [1.807, 2.05) is 0 Å². The van der Waals surface area contributed by atoms with Gasteiger partial charge in [-0.3, -0.25) is 34.1 Å². The number of amides is 6. The van der Waals surface area contributed by atoms with Crippen LogP contribution in [-0.2, 0) is 35.3 Å². The van der Waals surface area contributed by atoms with Gasteiger partial charge in [0.05, 0.1) is 10.8 Å². The molecule has 2 atom stereocenters. The van der Waals surface area contributed by atoms with E-state index in [0.717, 1.165) is 0 Å². The maximum atomic E-state index is 13.4. The predicted octanol–water partition coefficient (Wildman–Crippen LogP) is 2.43. The molecule has 1 fully saturated rings. The van der Waals surface area contributed by atoms with Crippen LogP contribution in [0.25, 0.3) is 0 Å². The van der Waals surface area contributed by atoms with E-state index in [0.29, 0.717) is 24.1 Å². The number of primary amides is 1. The fourth-order valence-electron chi connectivity index (χ4n) is 5.40. The molecule has 0 aliphatic carbocycles. The number of nitrogens with one attached hydrogen (secondary N) is 4. The molecule has 0 radical (unpaired) electrons. The summed E-state index contributed by atoms with van der Waals surface area (Å²) in [6, 6.07) is 8.19. The summed E-state index contributed by atoms with van der Waals surface area (Å²) in [6.07, 6.45) is -0.327. The lowest BCUT2D eigenvalue weighted by atomic mass is 9.97. The largest absolute Gasteiger partial charge is 0.514 e. The highest BCUT2D eigenvalue weighted by Crippen LogP contribution is 2.20. The number of non-ortho nitro benzene ring substituents is 1. The van der Waals surface area contributed by atoms with Gasteiger partial charge in [-0.15, -0.1) is 0 Å². The third kappa shape index (κ3) is 14.0. The summed E-state index contributed by atoms with van der Waals surface area (Å²) >= 11 is 0. The van der Waals surface area contributed by atoms with Gasteiger partial charge in [-0.25, -0.2) is 9.59 Å². The van der Waals surface area contributed by atoms with Crippen molar-refractivity contribution in [2.45, 2.75) is 71.1 Å². The van der Waals surface area contributed by atoms with Gasteiger partial charge in [-0.2, -0.15) is 0 Å². The number of likely N-dealkylation sites (tertiary alicyclic amines) is 1. The van der Waals surface area contributed by atoms with Gasteiger partial charge in [0.2, 0.25) is 23.6 Å². The first-order valence-corrected chi connectivity index (χ1v) is 17.3. The smallest absolute Gasteiger partial charge is 0.481 e. The van der Waals surface area contributed by atoms with Crippen LogP contribution in [0.4, 0.5) is 21.0 Å². The Balaban J connectivity index is 1.55. The molecule has 19 heteroatoms. The molecule has 19 nitrogen and oxygen atoms in total. The molecule has 3 rings (SSSR count). The zero-order chi connectivity index (χ0) is 39.8. The third-order valence-electron chi connectivity index (χ3n) is 8.46. The number of hydrogen-bond donors (Lipinski definition) is 6. The monoisotopic (exact) mass is 755 g/mol. The molecule has 292 valence electrons. The first-order valence-electron chi connectivity index (χ1n) is 17.3. The zero-order valence-corrected chi connectivity index (χ0v) is 29.9. The van der Waals surface area contributed by atoms with E-state index < -0.39 is 64.7 Å². The Morgan fingerprint density at radius 2 is 1.59 bits per heavy atom. The Kier molecular flexibility index (Phi) is 16.1. The predicted molar refractivity (Wildman–Crippen MR) is 191 cm³/mol. The van der Waals surface area contributed by atoms with Crippen LogP contribution in [0, 0.1) is 22.0 Å². The molecule has 0 unspecified atom stereocenters. The number of nitrogens with two attached hydrogens (primary N) is 1. The van der Waals surface area contributed by atoms with Crippen LogP contribution in [0.2, 0.25) is 0 Å². The zero-order valence-electron chi connectivity index (χ0n) is 29.9. The molecule has 1 aliphatic rings. The van der Waals surface area contributed by atoms with Gasteiger partial charge in [-0.1, -0.05) is 26.0 Å². The average molecular weight is 756 g/mol. The molecule has 7 N–H and O–H groups in total. The number of nitro groups is 1. The van der Waals surface area contributed by atoms with Crippen molar-refractivity contribution < 1.29 is 53.1 Å². The molecule has 2 aromatic carbocycles. The molecular weight excluding hydrogens is 710 g/mol. The average Bonchev–Trinajstić information content (AvgIpc) is 3.13. The van der Waals surface area contributed by atoms with Crippen LogP contribution in [0.1, 0.15) is 57.9 Å². The van der Waals surface area contributed by atoms with E-state index in [-0.39, 0.29) is 69.3 Å². The van der Waals surface area contributed by atoms with Crippen LogP contribution in [-0.4, -0.2) is 88.4 Å². The van der Waals surface area contributed by atoms with Crippen LogP contribution in [0.3, 0.4) is 0 Å². The van der Waals surface area contributed by atoms with E-state index in [2.05, 4.69) is 21.3 Å². The van der Waals surface area contributed by atoms with Crippen molar-refractivity contribution in [3.63, 3.8) is 0 Å². The van der Waals surface area contributed by atoms with Crippen molar-refractivity contribution in [1.82, 2.24) is 20.9 Å². The molecule has 0 saturated carbocycles. The number of piperidine rings is 1. The first-order chi connectivity index (χ1) is 25.6. The highest BCUT2D eigenvalue weighted by atomic mass is 16.7. The minimum Gasteiger partial charge on any atom is -0.481 e. The van der Waals surface area contributed by atoms with Gasteiger partial charge in [0.25, 0.3) is 5.69 Å². The molecule has 1 aliphatic heterocycles. The lowest BCUT2D eigenvalue weighted by Crippen LogP contribution is -2.54. The van der Waals surface area contributed by atoms with Gasteiger partial charge >= 0.3 is 18.2 Å². The second kappa shape index (κ2) is 20.7. The van der Waals surface area contributed by atoms with Crippen LogP contribution in [0.15, 0.2) is 48.5 Å². The Labute approximate surface area is 310 Å². The highest BCUT2D eigenvalue weighted by Gasteiger charge is 2.30. The molecule has 54 heavy (non-hydrogen) atoms. The van der Waals surface area contributed by atoms with Crippen molar-refractivity contribution in [3.05, 3.63) is 64.2 Å². The van der Waals surface area contributed by atoms with Gasteiger partial charge in [0, 0.05) is 50.3 Å². The lowest BCUT2D eigenvalue weighted by Gasteiger charge is -2.30. The van der Waals surface area contributed by atoms with E-state index in [1.165, 1.54) is 29.2 Å². The minimum atomic E-state index is -1.10. The third-order valence-corrected chi connectivity index (χ3v) is 8.46. The van der Waals surface area contributed by atoms with Crippen molar-refractivity contribution in [2.75, 3.05) is 25.0 Å². The topological polar surface area (TPSA) is 279 Å². The summed E-state index contributed by atoms with van der Waals surface area (Å²) in [7, 11) is 0. The summed E-state index contributed by atoms with van der Waals surface area (Å²) in [5.74, 6) is -3.82. The molecule has 0 spiro atoms. The molecule has 1 saturated heterocycles. The second-order valence-corrected chi connectivity index (χ2v) is 12.9. The lowest BCUT2D eigenvalue weighted by molar-refractivity contribution is -0.384. The SMILES string of the molecule is CC(C)[C@H](NC(=O)CCC(=O)N1CCC(C(=O)O)CC1)C(=O)N[C@@H](CCCNC(N)=O)C(=O)Nc1ccc(COC(=O)Oc2ccc([N+](=O)[O-])cc2)cc1. The van der Waals surface area contributed by atoms with Crippen molar-refractivity contribution in [1.29, 1.82) is 0 Å². The minimum absolute atomic E-state index is 0.0531. The fourth-order valence-corrected chi connectivity index (χ4v) is 5.40. The Hall–Kier alpha value is -6.27. The van der Waals surface area contributed by atoms with Crippen molar-refractivity contribution in [2.24, 2.45) is 17.6 Å². The maximum Gasteiger partial charge on any atom is 0.514 e. The number of hydrogen-bond acceptors (Lipinski definition) is 11. The number of carboxylic acid groups (broad SMARTS) is 1. The number of ether oxygens (including phenoxy) is 2. The number of carbonyl (C=O) groups excluding carboxylic acids is 6. The fraction of sp³-hybridized carbons (Fsp3) is 0.457. The number of aliphatic carboxylic acids is 1. The summed E-state index contributed by atoms with van der Waals surface area (Å²) in [5.41, 5.74) is 5.85. The number of anilines is 1. The Morgan fingerprint density at radius 3 is 2.17 bits per heavy atom. The summed E-state index contributed by atoms with van der Waals surface area (Å²) in [4.78, 5) is 98.4. The first kappa shape index (κ1) is 42.1. The number of nitro benzene ring substituents is 1. The quantitative estimate of drug-likeness (QED) is 0.0421. The number of urea groups is 1. The normalized spacial score (nSPS) is 13.9. The number of rotatable bonds is 18. The maximum absolute atomic E-state index is 13.4. The van der Waals surface area contributed by atoms with Gasteiger partial charge in [0.1, 0.15) is 24.4 Å². The summed E-state index contributed by atoms with van der Waals surface area (Å²) < 4.78 is 10.1. The number of nitrogens with zero attached hydrogens (tertiary/aromatic N) is 2. The summed E-state index contributed by atoms with van der Waals surface area (Å²) in [6.45, 7) is 3.92. The van der Waals surface area contributed by atoms with Crippen LogP contribution < -0.4 is 31.7 Å². The number of benzene rings is 2. The van der Waals surface area contributed by atoms with E-state index in [4.69, 9.17) is 20.3 Å². The molecular formula is C35H45N7O12. The van der Waals surface area contributed by atoms with Crippen LogP contribution in [0.5, 0.6) is 5.75 Å². The molecule has 2 aromatic rings. The summed E-state index contributed by atoms with van der Waals surface area (Å²) in [5, 5.41) is 30.4. The Morgan fingerprint density at radius 1 is 0.944 bits per heavy atom. The van der Waals surface area contributed by atoms with Gasteiger partial charge in [0.15, 0.2) is 0 Å². The van der Waals surface area contributed by atoms with E-state index >= 15 is 0 Å². The van der Waals surface area contributed by atoms with Crippen molar-refractivity contribution in [3.8, 4) is 5.75 Å². The molecule has 1 heterocycles. The number of carboxylic acids is 1. The molecule has 6 amide bonds. The highest BCUT2D eigenvalue weighted by molar-refractivity contribution is 5.98. The van der Waals surface area contributed by atoms with Gasteiger partial charge in [-0.05, 0) is 61.4 Å². The van der Waals surface area contributed by atoms with Crippen molar-refractivity contribution >= 4 is 53.2 Å². The van der Waals surface area contributed by atoms with Crippen LogP contribution >= 0.6 is 0 Å². The van der Waals surface area contributed by atoms with E-state index in [9.17, 15) is 43.7 Å². The second-order valence-electron chi connectivity index (χ2n) is 12.9. The Bertz CT molecular complexity index is 1660. The number of carbonyl (C=O) groups is 7.